The summed E-state index contributed by atoms with van der Waals surface area (Å²) in [5.74, 6) is -2.49. The number of imide groups is 3. The zero-order valence-electron chi connectivity index (χ0n) is 21.1. The van der Waals surface area contributed by atoms with Crippen molar-refractivity contribution in [2.45, 2.75) is 64.8 Å². The predicted molar refractivity (Wildman–Crippen MR) is 135 cm³/mol. The smallest absolute Gasteiger partial charge is 0.455 e. The van der Waals surface area contributed by atoms with Crippen LogP contribution in [0.3, 0.4) is 0 Å². The molecular weight excluding hydrogens is 461 g/mol. The maximum absolute atomic E-state index is 13.2. The molecule has 1 aromatic carbocycles. The van der Waals surface area contributed by atoms with Crippen LogP contribution in [0.1, 0.15) is 57.9 Å². The van der Waals surface area contributed by atoms with E-state index in [4.69, 9.17) is 9.39 Å². The summed E-state index contributed by atoms with van der Waals surface area (Å²) in [6.07, 6.45) is 5.40. The number of carbonyl (C=O) groups is 3. The fourth-order valence-corrected chi connectivity index (χ4v) is 6.09. The van der Waals surface area contributed by atoms with Gasteiger partial charge in [-0.3, -0.25) is 9.59 Å². The van der Waals surface area contributed by atoms with E-state index in [-0.39, 0.29) is 24.1 Å². The highest BCUT2D eigenvalue weighted by Gasteiger charge is 2.58. The molecule has 9 heteroatoms. The van der Waals surface area contributed by atoms with Gasteiger partial charge in [-0.1, -0.05) is 49.6 Å². The number of phenols is 1. The fourth-order valence-electron chi connectivity index (χ4n) is 6.09. The van der Waals surface area contributed by atoms with Gasteiger partial charge in [-0.25, -0.2) is 4.79 Å². The Morgan fingerprint density at radius 2 is 1.89 bits per heavy atom. The number of likely N-dealkylation sites (tertiary alicyclic amines) is 1. The number of fused-ring (bicyclic) bond motifs is 3. The molecule has 8 nitrogen and oxygen atoms in total. The first-order valence-electron chi connectivity index (χ1n) is 12.8. The van der Waals surface area contributed by atoms with Crippen LogP contribution in [0.5, 0.6) is 5.75 Å². The Morgan fingerprint density at radius 1 is 1.17 bits per heavy atom. The highest BCUT2D eigenvalue weighted by atomic mass is 16.5. The molecule has 192 valence electrons. The van der Waals surface area contributed by atoms with Crippen LogP contribution in [0.15, 0.2) is 41.0 Å². The van der Waals surface area contributed by atoms with Crippen molar-refractivity contribution in [2.24, 2.45) is 17.8 Å². The Hall–Kier alpha value is -2.91. The standard InChI is InChI=1S/C27H34BNO7/c1-4-6-16(13-17-7-10-19(30)11-8-17)9-12-22-23-18(5-2)14-20-24(21(23)15-28(34)36-22)26(32)29(25(20)31)27(33)35-3/h7-8,10-11,13,20-22,24,30,34H,4-6,9,12,14-15H2,1-3H3/b16-13+/t20-,21+,22-,24-/m1/s1. The van der Waals surface area contributed by atoms with Gasteiger partial charge in [0.25, 0.3) is 0 Å². The summed E-state index contributed by atoms with van der Waals surface area (Å²) in [6, 6.07) is 7.07. The molecule has 4 atom stereocenters. The molecule has 1 aromatic rings. The zero-order chi connectivity index (χ0) is 26.0. The van der Waals surface area contributed by atoms with Gasteiger partial charge >= 0.3 is 13.2 Å². The van der Waals surface area contributed by atoms with Gasteiger partial charge in [-0.2, -0.15) is 4.90 Å². The lowest BCUT2D eigenvalue weighted by Crippen LogP contribution is -2.46. The first-order chi connectivity index (χ1) is 17.3. The number of hydrogen-bond acceptors (Lipinski definition) is 7. The topological polar surface area (TPSA) is 113 Å². The van der Waals surface area contributed by atoms with Gasteiger partial charge in [0.05, 0.1) is 25.0 Å². The summed E-state index contributed by atoms with van der Waals surface area (Å²) in [7, 11) is 0.103. The van der Waals surface area contributed by atoms with E-state index in [0.29, 0.717) is 24.2 Å². The third kappa shape index (κ3) is 4.99. The van der Waals surface area contributed by atoms with Crippen LogP contribution in [0.4, 0.5) is 4.79 Å². The van der Waals surface area contributed by atoms with E-state index in [0.717, 1.165) is 43.1 Å². The van der Waals surface area contributed by atoms with Gasteiger partial charge < -0.3 is 19.5 Å². The number of methoxy groups -OCH3 is 1. The number of hydrogen-bond donors (Lipinski definition) is 2. The van der Waals surface area contributed by atoms with E-state index in [9.17, 15) is 24.5 Å². The van der Waals surface area contributed by atoms with Crippen molar-refractivity contribution >= 4 is 31.1 Å². The second kappa shape index (κ2) is 11.0. The maximum atomic E-state index is 13.2. The average Bonchev–Trinajstić information content (AvgIpc) is 3.12. The minimum Gasteiger partial charge on any atom is -0.508 e. The minimum atomic E-state index is -1.05. The Balaban J connectivity index is 1.60. The van der Waals surface area contributed by atoms with E-state index in [1.807, 2.05) is 19.1 Å². The number of benzene rings is 1. The number of carbonyl (C=O) groups excluding carboxylic acids is 3. The quantitative estimate of drug-likeness (QED) is 0.329. The summed E-state index contributed by atoms with van der Waals surface area (Å²) in [5.41, 5.74) is 4.33. The number of amides is 3. The van der Waals surface area contributed by atoms with E-state index < -0.39 is 36.9 Å². The fraction of sp³-hybridized carbons (Fsp3) is 0.519. The van der Waals surface area contributed by atoms with Gasteiger partial charge in [-0.05, 0) is 67.6 Å². The van der Waals surface area contributed by atoms with Gasteiger partial charge in [-0.15, -0.1) is 0 Å². The molecule has 0 unspecified atom stereocenters. The van der Waals surface area contributed by atoms with E-state index in [2.05, 4.69) is 13.0 Å². The summed E-state index contributed by atoms with van der Waals surface area (Å²) in [6.45, 7) is 4.14. The largest absolute Gasteiger partial charge is 0.508 e. The van der Waals surface area contributed by atoms with Gasteiger partial charge in [0, 0.05) is 0 Å². The summed E-state index contributed by atoms with van der Waals surface area (Å²) < 4.78 is 10.7. The van der Waals surface area contributed by atoms with Gasteiger partial charge in [0.2, 0.25) is 11.8 Å². The Kier molecular flexibility index (Phi) is 8.00. The molecule has 2 fully saturated rings. The number of aromatic hydroxyl groups is 1. The first-order valence-corrected chi connectivity index (χ1v) is 12.8. The van der Waals surface area contributed by atoms with E-state index in [1.54, 1.807) is 12.1 Å². The molecule has 2 N–H and O–H groups in total. The normalized spacial score (nSPS) is 26.3. The van der Waals surface area contributed by atoms with Crippen molar-refractivity contribution in [2.75, 3.05) is 7.11 Å². The highest BCUT2D eigenvalue weighted by Crippen LogP contribution is 2.51. The van der Waals surface area contributed by atoms with Crippen molar-refractivity contribution in [3.63, 3.8) is 0 Å². The molecule has 0 bridgehead atoms. The lowest BCUT2D eigenvalue weighted by Gasteiger charge is -2.43. The van der Waals surface area contributed by atoms with Crippen molar-refractivity contribution < 1.29 is 33.9 Å². The van der Waals surface area contributed by atoms with Crippen molar-refractivity contribution in [1.82, 2.24) is 4.90 Å². The molecule has 2 saturated heterocycles. The molecule has 4 rings (SSSR count). The maximum Gasteiger partial charge on any atom is 0.455 e. The van der Waals surface area contributed by atoms with E-state index in [1.165, 1.54) is 5.57 Å². The molecule has 36 heavy (non-hydrogen) atoms. The molecule has 3 amide bonds. The third-order valence-corrected chi connectivity index (χ3v) is 7.65. The molecule has 2 aliphatic heterocycles. The van der Waals surface area contributed by atoms with Crippen molar-refractivity contribution in [3.8, 4) is 5.75 Å². The molecule has 3 aliphatic rings. The number of ether oxygens (including phenoxy) is 1. The minimum absolute atomic E-state index is 0.218. The van der Waals surface area contributed by atoms with Crippen LogP contribution in [-0.2, 0) is 19.0 Å². The zero-order valence-corrected chi connectivity index (χ0v) is 21.1. The number of nitrogens with zero attached hydrogens (tertiary/aromatic N) is 1. The van der Waals surface area contributed by atoms with Crippen LogP contribution in [-0.4, -0.2) is 53.3 Å². The molecule has 0 radical (unpaired) electrons. The molecule has 2 heterocycles. The average molecular weight is 495 g/mol. The SMILES string of the molecule is CCC/C(=C\c1ccc(O)cc1)CC[C@H]1OB(O)C[C@H]2C1=C(CC)C[C@H]1C(=O)N(C(=O)OC)C(=O)[C@H]12. The van der Waals surface area contributed by atoms with Crippen LogP contribution < -0.4 is 0 Å². The van der Waals surface area contributed by atoms with Gasteiger partial charge in [0.15, 0.2) is 0 Å². The molecule has 0 spiro atoms. The lowest BCUT2D eigenvalue weighted by atomic mass is 9.58. The van der Waals surface area contributed by atoms with Crippen LogP contribution >= 0.6 is 0 Å². The second-order valence-electron chi connectivity index (χ2n) is 9.84. The monoisotopic (exact) mass is 495 g/mol. The molecule has 0 aromatic heterocycles. The van der Waals surface area contributed by atoms with Crippen molar-refractivity contribution in [1.29, 1.82) is 0 Å². The number of rotatable bonds is 7. The van der Waals surface area contributed by atoms with E-state index >= 15 is 0 Å². The van der Waals surface area contributed by atoms with Crippen molar-refractivity contribution in [3.05, 3.63) is 46.5 Å². The summed E-state index contributed by atoms with van der Waals surface area (Å²) >= 11 is 0. The number of allylic oxidation sites excluding steroid dienone is 2. The summed E-state index contributed by atoms with van der Waals surface area (Å²) in [5, 5.41) is 20.2. The lowest BCUT2D eigenvalue weighted by molar-refractivity contribution is -0.137. The Labute approximate surface area is 212 Å². The van der Waals surface area contributed by atoms with Crippen LogP contribution in [0.2, 0.25) is 6.32 Å². The highest BCUT2D eigenvalue weighted by molar-refractivity contribution is 6.43. The second-order valence-corrected chi connectivity index (χ2v) is 9.84. The first kappa shape index (κ1) is 26.2. The molecule has 1 aliphatic carbocycles. The molecular formula is C27H34BNO7. The van der Waals surface area contributed by atoms with Gasteiger partial charge in [0.1, 0.15) is 5.75 Å². The summed E-state index contributed by atoms with van der Waals surface area (Å²) in [4.78, 5) is 39.0. The molecule has 0 saturated carbocycles. The number of phenolic OH excluding ortho intramolecular Hbond substituents is 1. The predicted octanol–water partition coefficient (Wildman–Crippen LogP) is 4.33. The van der Waals surface area contributed by atoms with Crippen LogP contribution in [0.25, 0.3) is 6.08 Å². The van der Waals surface area contributed by atoms with Crippen LogP contribution in [0, 0.1) is 17.8 Å². The Morgan fingerprint density at radius 3 is 2.53 bits per heavy atom. The third-order valence-electron chi connectivity index (χ3n) is 7.65. The Bertz CT molecular complexity index is 1080.